The number of esters is 1. The second-order valence-electron chi connectivity index (χ2n) is 11.3. The number of rotatable bonds is 1. The van der Waals surface area contributed by atoms with Crippen LogP contribution in [-0.2, 0) is 9.53 Å². The van der Waals surface area contributed by atoms with Gasteiger partial charge in [-0.3, -0.25) is 4.79 Å². The summed E-state index contributed by atoms with van der Waals surface area (Å²) in [7, 11) is 0. The third-order valence-electron chi connectivity index (χ3n) is 9.92. The van der Waals surface area contributed by atoms with Gasteiger partial charge in [-0.1, -0.05) is 31.9 Å². The Labute approximate surface area is 163 Å². The van der Waals surface area contributed by atoms with E-state index >= 15 is 0 Å². The zero-order valence-electron chi connectivity index (χ0n) is 17.4. The standard InChI is InChI=1S/C24H36O3/c1-22(13-21(26)27-14-22)20-7-6-18-17-5-4-15-12-16(25)8-10-23(15,2)19(17)9-11-24(18,20)3/h15-16,19-20,25H,4-14H2,1-3H3/t15-,16+,19+,20-,22?,23+,24+/m1/s1. The minimum atomic E-state index is -0.0677. The number of aliphatic hydroxyl groups excluding tert-OH is 1. The largest absolute Gasteiger partial charge is 0.465 e. The normalized spacial score (nSPS) is 52.2. The molecule has 3 heteroatoms. The summed E-state index contributed by atoms with van der Waals surface area (Å²) in [5, 5.41) is 10.2. The molecule has 5 rings (SSSR count). The van der Waals surface area contributed by atoms with E-state index in [1.165, 1.54) is 44.9 Å². The first-order valence-corrected chi connectivity index (χ1v) is 11.3. The van der Waals surface area contributed by atoms with Crippen LogP contribution < -0.4 is 0 Å². The number of carbonyl (C=O) groups is 1. The molecule has 1 unspecified atom stereocenters. The van der Waals surface area contributed by atoms with E-state index in [-0.39, 0.29) is 22.9 Å². The van der Waals surface area contributed by atoms with Gasteiger partial charge >= 0.3 is 5.97 Å². The molecule has 0 radical (unpaired) electrons. The van der Waals surface area contributed by atoms with Crippen LogP contribution in [0.1, 0.15) is 85.0 Å². The monoisotopic (exact) mass is 372 g/mol. The van der Waals surface area contributed by atoms with Crippen LogP contribution in [0.25, 0.3) is 0 Å². The highest BCUT2D eigenvalue weighted by Crippen LogP contribution is 2.67. The van der Waals surface area contributed by atoms with Gasteiger partial charge in [-0.15, -0.1) is 0 Å². The summed E-state index contributed by atoms with van der Waals surface area (Å²) in [6, 6.07) is 0. The summed E-state index contributed by atoms with van der Waals surface area (Å²) in [5.74, 6) is 2.03. The van der Waals surface area contributed by atoms with Gasteiger partial charge in [-0.05, 0) is 86.4 Å². The Bertz CT molecular complexity index is 696. The molecule has 0 amide bonds. The molecule has 1 N–H and O–H groups in total. The Morgan fingerprint density at radius 3 is 2.59 bits per heavy atom. The Morgan fingerprint density at radius 1 is 1.04 bits per heavy atom. The van der Waals surface area contributed by atoms with Gasteiger partial charge in [-0.2, -0.15) is 0 Å². The highest BCUT2D eigenvalue weighted by Gasteiger charge is 2.59. The molecule has 7 atom stereocenters. The topological polar surface area (TPSA) is 46.5 Å². The van der Waals surface area contributed by atoms with Crippen LogP contribution in [0.3, 0.4) is 0 Å². The van der Waals surface area contributed by atoms with Gasteiger partial charge in [0.1, 0.15) is 0 Å². The van der Waals surface area contributed by atoms with Crippen LogP contribution in [0.2, 0.25) is 0 Å². The molecule has 27 heavy (non-hydrogen) atoms. The second kappa shape index (κ2) is 5.84. The SMILES string of the molecule is CC1([C@H]2CCC3=C4CC[C@@H]5C[C@@H](O)CC[C@]5(C)[C@H]4CC[C@@]32C)COC(=O)C1. The van der Waals surface area contributed by atoms with Gasteiger partial charge in [-0.25, -0.2) is 0 Å². The molecule has 1 heterocycles. The van der Waals surface area contributed by atoms with Crippen molar-refractivity contribution in [2.75, 3.05) is 6.61 Å². The minimum absolute atomic E-state index is 0.00433. The molecule has 1 saturated heterocycles. The van der Waals surface area contributed by atoms with E-state index < -0.39 is 0 Å². The Balaban J connectivity index is 1.49. The van der Waals surface area contributed by atoms with E-state index in [9.17, 15) is 9.90 Å². The number of hydrogen-bond acceptors (Lipinski definition) is 3. The molecule has 0 spiro atoms. The molecule has 0 aromatic carbocycles. The van der Waals surface area contributed by atoms with Crippen molar-refractivity contribution in [3.8, 4) is 0 Å². The predicted molar refractivity (Wildman–Crippen MR) is 105 cm³/mol. The average molecular weight is 373 g/mol. The summed E-state index contributed by atoms with van der Waals surface area (Å²) in [6.07, 6.45) is 11.3. The third kappa shape index (κ3) is 2.46. The zero-order chi connectivity index (χ0) is 19.0. The molecule has 1 aliphatic heterocycles. The third-order valence-corrected chi connectivity index (χ3v) is 9.92. The van der Waals surface area contributed by atoms with Crippen LogP contribution in [0.5, 0.6) is 0 Å². The lowest BCUT2D eigenvalue weighted by Gasteiger charge is -2.57. The summed E-state index contributed by atoms with van der Waals surface area (Å²) in [5.41, 5.74) is 4.27. The number of allylic oxidation sites excluding steroid dienone is 2. The van der Waals surface area contributed by atoms with E-state index in [0.717, 1.165) is 18.8 Å². The van der Waals surface area contributed by atoms with Gasteiger partial charge in [0.05, 0.1) is 19.1 Å². The quantitative estimate of drug-likeness (QED) is 0.519. The number of aliphatic hydroxyl groups is 1. The van der Waals surface area contributed by atoms with Crippen molar-refractivity contribution in [2.45, 2.75) is 91.1 Å². The van der Waals surface area contributed by atoms with Crippen LogP contribution in [0.15, 0.2) is 11.1 Å². The molecule has 4 aliphatic carbocycles. The highest BCUT2D eigenvalue weighted by atomic mass is 16.5. The van der Waals surface area contributed by atoms with Crippen molar-refractivity contribution < 1.29 is 14.6 Å². The number of ether oxygens (including phenoxy) is 1. The molecular weight excluding hydrogens is 336 g/mol. The molecule has 150 valence electrons. The van der Waals surface area contributed by atoms with Crippen molar-refractivity contribution in [1.29, 1.82) is 0 Å². The molecule has 0 bridgehead atoms. The average Bonchev–Trinajstić information content (AvgIpc) is 3.15. The van der Waals surface area contributed by atoms with Crippen molar-refractivity contribution in [3.05, 3.63) is 11.1 Å². The van der Waals surface area contributed by atoms with Crippen LogP contribution in [-0.4, -0.2) is 23.8 Å². The molecular formula is C24H36O3. The molecule has 0 aromatic heterocycles. The van der Waals surface area contributed by atoms with Gasteiger partial charge in [0.2, 0.25) is 0 Å². The van der Waals surface area contributed by atoms with Gasteiger partial charge < -0.3 is 9.84 Å². The lowest BCUT2D eigenvalue weighted by atomic mass is 9.48. The lowest BCUT2D eigenvalue weighted by Crippen LogP contribution is -2.48. The second-order valence-corrected chi connectivity index (χ2v) is 11.3. The maximum absolute atomic E-state index is 11.9. The number of hydrogen-bond donors (Lipinski definition) is 1. The van der Waals surface area contributed by atoms with Crippen molar-refractivity contribution in [3.63, 3.8) is 0 Å². The van der Waals surface area contributed by atoms with Crippen molar-refractivity contribution >= 4 is 5.97 Å². The zero-order valence-corrected chi connectivity index (χ0v) is 17.4. The van der Waals surface area contributed by atoms with Gasteiger partial charge in [0.15, 0.2) is 0 Å². The first kappa shape index (κ1) is 18.2. The number of carbonyl (C=O) groups excluding carboxylic acids is 1. The van der Waals surface area contributed by atoms with Crippen LogP contribution >= 0.6 is 0 Å². The maximum Gasteiger partial charge on any atom is 0.306 e. The fourth-order valence-corrected chi connectivity index (χ4v) is 8.49. The summed E-state index contributed by atoms with van der Waals surface area (Å²) in [4.78, 5) is 11.9. The fourth-order valence-electron chi connectivity index (χ4n) is 8.49. The summed E-state index contributed by atoms with van der Waals surface area (Å²) >= 11 is 0. The molecule has 3 nitrogen and oxygen atoms in total. The van der Waals surface area contributed by atoms with E-state index in [1.807, 2.05) is 0 Å². The number of cyclic esters (lactones) is 1. The molecule has 5 aliphatic rings. The lowest BCUT2D eigenvalue weighted by molar-refractivity contribution is -0.137. The highest BCUT2D eigenvalue weighted by molar-refractivity contribution is 5.72. The first-order valence-electron chi connectivity index (χ1n) is 11.3. The van der Waals surface area contributed by atoms with Crippen LogP contribution in [0.4, 0.5) is 0 Å². The minimum Gasteiger partial charge on any atom is -0.465 e. The van der Waals surface area contributed by atoms with E-state index in [0.29, 0.717) is 30.3 Å². The Morgan fingerprint density at radius 2 is 1.85 bits per heavy atom. The Kier molecular flexibility index (Phi) is 3.94. The summed E-state index contributed by atoms with van der Waals surface area (Å²) < 4.78 is 5.43. The fraction of sp³-hybridized carbons (Fsp3) is 0.875. The van der Waals surface area contributed by atoms with Gasteiger partial charge in [0, 0.05) is 5.41 Å². The molecule has 0 aromatic rings. The van der Waals surface area contributed by atoms with Crippen LogP contribution in [0, 0.1) is 34.0 Å². The number of fused-ring (bicyclic) bond motifs is 4. The first-order chi connectivity index (χ1) is 12.8. The van der Waals surface area contributed by atoms with E-state index in [1.54, 1.807) is 11.1 Å². The molecule has 3 saturated carbocycles. The van der Waals surface area contributed by atoms with Crippen molar-refractivity contribution in [1.82, 2.24) is 0 Å². The molecule has 4 fully saturated rings. The maximum atomic E-state index is 11.9. The Hall–Kier alpha value is -0.830. The predicted octanol–water partition coefficient (Wildman–Crippen LogP) is 5.02. The van der Waals surface area contributed by atoms with E-state index in [4.69, 9.17) is 4.74 Å². The van der Waals surface area contributed by atoms with E-state index in [2.05, 4.69) is 20.8 Å². The van der Waals surface area contributed by atoms with Gasteiger partial charge in [0.25, 0.3) is 0 Å². The summed E-state index contributed by atoms with van der Waals surface area (Å²) in [6.45, 7) is 7.97. The van der Waals surface area contributed by atoms with Crippen molar-refractivity contribution in [2.24, 2.45) is 34.0 Å². The smallest absolute Gasteiger partial charge is 0.306 e.